The Labute approximate surface area is 217 Å². The van der Waals surface area contributed by atoms with Crippen LogP contribution in [0.4, 0.5) is 10.3 Å². The zero-order chi connectivity index (χ0) is 26.6. The van der Waals surface area contributed by atoms with E-state index >= 15 is 0 Å². The normalized spacial score (nSPS) is 15.4. The number of amidine groups is 1. The summed E-state index contributed by atoms with van der Waals surface area (Å²) >= 11 is 0. The molecule has 0 saturated heterocycles. The lowest BCUT2D eigenvalue weighted by Gasteiger charge is -2.29. The van der Waals surface area contributed by atoms with E-state index in [1.54, 1.807) is 31.2 Å². The Balaban J connectivity index is 1.51. The van der Waals surface area contributed by atoms with Crippen molar-refractivity contribution in [3.63, 3.8) is 0 Å². The molecule has 38 heavy (non-hydrogen) atoms. The Kier molecular flexibility index (Phi) is 6.85. The van der Waals surface area contributed by atoms with Crippen LogP contribution >= 0.6 is 0 Å². The van der Waals surface area contributed by atoms with Crippen molar-refractivity contribution >= 4 is 17.6 Å². The number of anilines is 1. The summed E-state index contributed by atoms with van der Waals surface area (Å²) in [6, 6.07) is 9.34. The van der Waals surface area contributed by atoms with Crippen LogP contribution in [0.25, 0.3) is 11.3 Å². The fourth-order valence-electron chi connectivity index (χ4n) is 4.26. The molecule has 1 aliphatic heterocycles. The van der Waals surface area contributed by atoms with Crippen LogP contribution < -0.4 is 15.8 Å². The lowest BCUT2D eigenvalue weighted by molar-refractivity contribution is 0.0768. The van der Waals surface area contributed by atoms with E-state index in [1.807, 2.05) is 0 Å². The number of nitrogen functional groups attached to an aromatic ring is 1. The van der Waals surface area contributed by atoms with Gasteiger partial charge in [-0.1, -0.05) is 17.3 Å². The number of nitrogens with zero attached hydrogens (tertiary/aromatic N) is 6. The minimum atomic E-state index is -0.410. The first kappa shape index (κ1) is 24.7. The molecule has 192 valence electrons. The molecular weight excluding hydrogens is 491 g/mol. The summed E-state index contributed by atoms with van der Waals surface area (Å²) in [6.07, 6.45) is 4.65. The molecule has 0 bridgehead atoms. The Hall–Kier alpha value is -5.00. The van der Waals surface area contributed by atoms with Gasteiger partial charge in [0, 0.05) is 30.4 Å². The second-order valence-corrected chi connectivity index (χ2v) is 8.41. The average Bonchev–Trinajstić information content (AvgIpc) is 2.92. The van der Waals surface area contributed by atoms with E-state index in [0.717, 1.165) is 5.56 Å². The summed E-state index contributed by atoms with van der Waals surface area (Å²) in [6.45, 7) is 1.43. The number of aromatic nitrogens is 5. The first-order chi connectivity index (χ1) is 18.4. The summed E-state index contributed by atoms with van der Waals surface area (Å²) in [4.78, 5) is 38.9. The van der Waals surface area contributed by atoms with Crippen LogP contribution in [0.5, 0.6) is 5.88 Å². The highest BCUT2D eigenvalue weighted by atomic mass is 19.1. The standard InChI is InChI=1S/C26H23FN8O3/c1-14-24-20(34-26(28)31-14)11-19(33-25(24)35-38-13-22(36)21-12-29-8-9-30-21)16-7-6-15(27)10-17(16)18-4-3-5-23(32-18)37-2/h3-10,12,19H,11,13H2,1-2H3,(H,33,35)(H2,28,31,34). The molecule has 11 nitrogen and oxygen atoms in total. The molecule has 3 N–H and O–H groups in total. The number of Topliss-reactive ketones (excluding diaryl/α,β-unsaturated/α-hetero) is 1. The molecule has 1 aromatic carbocycles. The molecule has 5 rings (SSSR count). The summed E-state index contributed by atoms with van der Waals surface area (Å²) in [7, 11) is 1.52. The van der Waals surface area contributed by atoms with Gasteiger partial charge in [0.15, 0.2) is 12.4 Å². The molecule has 4 aromatic rings. The second kappa shape index (κ2) is 10.5. The number of nitrogens with one attached hydrogen (secondary N) is 1. The zero-order valence-electron chi connectivity index (χ0n) is 20.6. The maximum Gasteiger partial charge on any atom is 0.222 e. The Morgan fingerprint density at radius 2 is 2.08 bits per heavy atom. The highest BCUT2D eigenvalue weighted by Gasteiger charge is 2.30. The first-order valence-electron chi connectivity index (χ1n) is 11.6. The monoisotopic (exact) mass is 514 g/mol. The molecule has 0 aliphatic carbocycles. The molecule has 4 heterocycles. The Morgan fingerprint density at radius 1 is 1.21 bits per heavy atom. The number of nitrogens with two attached hydrogens (primary N) is 1. The highest BCUT2D eigenvalue weighted by molar-refractivity contribution is 6.02. The van der Waals surface area contributed by atoms with Crippen molar-refractivity contribution in [3.8, 4) is 17.1 Å². The molecule has 12 heteroatoms. The molecule has 1 aliphatic rings. The number of oxime groups is 1. The molecule has 0 amide bonds. The van der Waals surface area contributed by atoms with Gasteiger partial charge in [-0.05, 0) is 30.7 Å². The Bertz CT molecular complexity index is 1530. The number of ketones is 1. The number of hydrogen-bond acceptors (Lipinski definition) is 10. The molecule has 1 atom stereocenters. The number of fused-ring (bicyclic) bond motifs is 1. The number of rotatable bonds is 7. The second-order valence-electron chi connectivity index (χ2n) is 8.41. The van der Waals surface area contributed by atoms with Crippen LogP contribution in [0.1, 0.15) is 39.0 Å². The van der Waals surface area contributed by atoms with Gasteiger partial charge in [0.1, 0.15) is 11.5 Å². The minimum absolute atomic E-state index is 0.119. The third-order valence-corrected chi connectivity index (χ3v) is 5.93. The van der Waals surface area contributed by atoms with E-state index in [1.165, 1.54) is 37.8 Å². The number of ether oxygens (including phenoxy) is 1. The number of hydrogen-bond donors (Lipinski definition) is 2. The van der Waals surface area contributed by atoms with Gasteiger partial charge in [0.2, 0.25) is 17.6 Å². The van der Waals surface area contributed by atoms with E-state index < -0.39 is 11.9 Å². The molecular formula is C26H23FN8O3. The van der Waals surface area contributed by atoms with Crippen molar-refractivity contribution in [1.29, 1.82) is 0 Å². The van der Waals surface area contributed by atoms with E-state index in [2.05, 4.69) is 35.4 Å². The van der Waals surface area contributed by atoms with Gasteiger partial charge >= 0.3 is 0 Å². The van der Waals surface area contributed by atoms with Gasteiger partial charge < -0.3 is 20.6 Å². The number of halogens is 1. The molecule has 0 radical (unpaired) electrons. The molecule has 1 unspecified atom stereocenters. The summed E-state index contributed by atoms with van der Waals surface area (Å²) < 4.78 is 19.6. The first-order valence-corrected chi connectivity index (χ1v) is 11.6. The Morgan fingerprint density at radius 3 is 2.87 bits per heavy atom. The number of carbonyl (C=O) groups is 1. The predicted octanol–water partition coefficient (Wildman–Crippen LogP) is 2.82. The average molecular weight is 515 g/mol. The van der Waals surface area contributed by atoms with Crippen molar-refractivity contribution < 1.29 is 18.8 Å². The van der Waals surface area contributed by atoms with Crippen molar-refractivity contribution in [1.82, 2.24) is 30.2 Å². The van der Waals surface area contributed by atoms with Crippen LogP contribution in [0.3, 0.4) is 0 Å². The molecule has 3 aromatic heterocycles. The van der Waals surface area contributed by atoms with Crippen LogP contribution in [0.15, 0.2) is 60.1 Å². The maximum absolute atomic E-state index is 14.4. The number of benzene rings is 1. The zero-order valence-corrected chi connectivity index (χ0v) is 20.6. The van der Waals surface area contributed by atoms with Gasteiger partial charge in [0.05, 0.1) is 42.0 Å². The van der Waals surface area contributed by atoms with E-state index in [0.29, 0.717) is 46.3 Å². The number of aryl methyl sites for hydroxylation is 1. The van der Waals surface area contributed by atoms with Crippen molar-refractivity contribution in [3.05, 3.63) is 89.0 Å². The SMILES string of the molecule is COc1cccc(-c2cc(F)ccc2C2Cc3nc(N)nc(C)c3/C(=N/OCC(=O)c3cnccn3)N2)n1. The van der Waals surface area contributed by atoms with E-state index in [9.17, 15) is 9.18 Å². The number of pyridine rings is 1. The summed E-state index contributed by atoms with van der Waals surface area (Å²) in [5, 5.41) is 7.55. The van der Waals surface area contributed by atoms with E-state index in [-0.39, 0.29) is 24.0 Å². The topological polar surface area (TPSA) is 150 Å². The molecule has 0 fully saturated rings. The van der Waals surface area contributed by atoms with Crippen molar-refractivity contribution in [2.75, 3.05) is 19.5 Å². The third-order valence-electron chi connectivity index (χ3n) is 5.93. The largest absolute Gasteiger partial charge is 0.481 e. The maximum atomic E-state index is 14.4. The van der Waals surface area contributed by atoms with Crippen LogP contribution in [0.2, 0.25) is 0 Å². The summed E-state index contributed by atoms with van der Waals surface area (Å²) in [5.74, 6) is 0.0413. The van der Waals surface area contributed by atoms with E-state index in [4.69, 9.17) is 15.3 Å². The molecule has 0 saturated carbocycles. The molecule has 0 spiro atoms. The van der Waals surface area contributed by atoms with Gasteiger partial charge in [-0.25, -0.2) is 24.3 Å². The van der Waals surface area contributed by atoms with Crippen molar-refractivity contribution in [2.45, 2.75) is 19.4 Å². The number of methoxy groups -OCH3 is 1. The fraction of sp³-hybridized carbons (Fsp3) is 0.192. The predicted molar refractivity (Wildman–Crippen MR) is 136 cm³/mol. The summed E-state index contributed by atoms with van der Waals surface area (Å²) in [5.41, 5.74) is 9.80. The number of carbonyl (C=O) groups excluding carboxylic acids is 1. The van der Waals surface area contributed by atoms with Crippen LogP contribution in [-0.2, 0) is 11.3 Å². The quantitative estimate of drug-likeness (QED) is 0.278. The lowest BCUT2D eigenvalue weighted by atomic mass is 9.90. The van der Waals surface area contributed by atoms with Gasteiger partial charge in [-0.2, -0.15) is 0 Å². The lowest BCUT2D eigenvalue weighted by Crippen LogP contribution is -2.38. The van der Waals surface area contributed by atoms with Gasteiger partial charge in [-0.15, -0.1) is 0 Å². The van der Waals surface area contributed by atoms with Gasteiger partial charge in [0.25, 0.3) is 0 Å². The van der Waals surface area contributed by atoms with Crippen molar-refractivity contribution in [2.24, 2.45) is 5.16 Å². The van der Waals surface area contributed by atoms with Crippen LogP contribution in [-0.4, -0.2) is 50.3 Å². The smallest absolute Gasteiger partial charge is 0.222 e. The minimum Gasteiger partial charge on any atom is -0.481 e. The third kappa shape index (κ3) is 5.09. The fourth-order valence-corrected chi connectivity index (χ4v) is 4.26. The van der Waals surface area contributed by atoms with Crippen LogP contribution in [0, 0.1) is 12.7 Å². The van der Waals surface area contributed by atoms with Gasteiger partial charge in [-0.3, -0.25) is 9.78 Å². The highest BCUT2D eigenvalue weighted by Crippen LogP contribution is 2.34.